The Balaban J connectivity index is 1.62. The molecule has 3 N–H and O–H groups in total. The summed E-state index contributed by atoms with van der Waals surface area (Å²) in [5, 5.41) is 9.60. The lowest BCUT2D eigenvalue weighted by atomic mass is 10.1. The molecule has 3 rings (SSSR count). The van der Waals surface area contributed by atoms with Crippen LogP contribution in [0.15, 0.2) is 35.7 Å². The number of morpholine rings is 1. The first kappa shape index (κ1) is 18.3. The highest BCUT2D eigenvalue weighted by molar-refractivity contribution is 7.80. The van der Waals surface area contributed by atoms with E-state index in [1.165, 1.54) is 16.0 Å². The van der Waals surface area contributed by atoms with E-state index in [0.717, 1.165) is 38.5 Å². The summed E-state index contributed by atoms with van der Waals surface area (Å²) in [4.78, 5) is 2.97. The number of thiocarbonyl (C=S) groups is 1. The van der Waals surface area contributed by atoms with Crippen LogP contribution in [-0.2, 0) is 4.74 Å². The fraction of sp³-hybridized carbons (Fsp3) is 0.421. The zero-order valence-corrected chi connectivity index (χ0v) is 16.4. The van der Waals surface area contributed by atoms with Gasteiger partial charge in [-0.05, 0) is 54.7 Å². The normalized spacial score (nSPS) is 16.4. The molecule has 0 unspecified atom stereocenters. The Morgan fingerprint density at radius 3 is 2.76 bits per heavy atom. The van der Waals surface area contributed by atoms with Crippen molar-refractivity contribution in [2.24, 2.45) is 0 Å². The third-order valence-electron chi connectivity index (χ3n) is 4.83. The van der Waals surface area contributed by atoms with Crippen LogP contribution in [-0.4, -0.2) is 38.0 Å². The standard InChI is InChI=1S/C19H25N3OS2/c1-14-5-3-6-16(15(14)2)21-19(24)20-13-17(18-7-4-12-25-18)22-8-10-23-11-9-22/h3-7,12,17H,8-11,13H2,1-2H3,(H2,20,21,24)/p+1/t17-/m1/s1. The van der Waals surface area contributed by atoms with E-state index in [-0.39, 0.29) is 0 Å². The minimum absolute atomic E-state index is 0.405. The Morgan fingerprint density at radius 1 is 1.24 bits per heavy atom. The fourth-order valence-electron chi connectivity index (χ4n) is 3.17. The highest BCUT2D eigenvalue weighted by Crippen LogP contribution is 2.18. The van der Waals surface area contributed by atoms with E-state index in [0.29, 0.717) is 11.2 Å². The van der Waals surface area contributed by atoms with Crippen molar-refractivity contribution in [3.05, 3.63) is 51.7 Å². The van der Waals surface area contributed by atoms with Crippen LogP contribution in [0.5, 0.6) is 0 Å². The number of thiophene rings is 1. The summed E-state index contributed by atoms with van der Waals surface area (Å²) in [6.45, 7) is 8.82. The number of anilines is 1. The van der Waals surface area contributed by atoms with Gasteiger partial charge in [0.05, 0.1) is 24.6 Å². The van der Waals surface area contributed by atoms with Crippen molar-refractivity contribution in [1.29, 1.82) is 0 Å². The lowest BCUT2D eigenvalue weighted by Gasteiger charge is -2.31. The van der Waals surface area contributed by atoms with E-state index in [1.54, 1.807) is 4.90 Å². The van der Waals surface area contributed by atoms with E-state index in [9.17, 15) is 0 Å². The molecule has 1 fully saturated rings. The van der Waals surface area contributed by atoms with Gasteiger partial charge in [0, 0.05) is 5.69 Å². The first-order valence-corrected chi connectivity index (χ1v) is 10.0. The molecule has 0 radical (unpaired) electrons. The third kappa shape index (κ3) is 4.79. The predicted octanol–water partition coefficient (Wildman–Crippen LogP) is 2.31. The molecule has 1 aromatic heterocycles. The van der Waals surface area contributed by atoms with E-state index in [4.69, 9.17) is 17.0 Å². The van der Waals surface area contributed by atoms with Crippen molar-refractivity contribution in [1.82, 2.24) is 5.32 Å². The number of nitrogens with one attached hydrogen (secondary N) is 3. The van der Waals surface area contributed by atoms with Gasteiger partial charge in [0.15, 0.2) is 5.11 Å². The molecular formula is C19H26N3OS2+. The van der Waals surface area contributed by atoms with Crippen LogP contribution in [0.4, 0.5) is 5.69 Å². The quantitative estimate of drug-likeness (QED) is 0.700. The van der Waals surface area contributed by atoms with Gasteiger partial charge < -0.3 is 20.3 Å². The molecule has 1 atom stereocenters. The largest absolute Gasteiger partial charge is 0.370 e. The summed E-state index contributed by atoms with van der Waals surface area (Å²) in [5.74, 6) is 0. The van der Waals surface area contributed by atoms with Crippen LogP contribution in [0.2, 0.25) is 0 Å². The third-order valence-corrected chi connectivity index (χ3v) is 6.07. The zero-order chi connectivity index (χ0) is 17.6. The summed E-state index contributed by atoms with van der Waals surface area (Å²) < 4.78 is 5.52. The Hall–Kier alpha value is -1.47. The van der Waals surface area contributed by atoms with Crippen LogP contribution in [0, 0.1) is 13.8 Å². The van der Waals surface area contributed by atoms with Gasteiger partial charge in [-0.3, -0.25) is 0 Å². The molecule has 0 amide bonds. The van der Waals surface area contributed by atoms with Crippen molar-refractivity contribution < 1.29 is 9.64 Å². The summed E-state index contributed by atoms with van der Waals surface area (Å²) in [6.07, 6.45) is 0. The van der Waals surface area contributed by atoms with E-state index in [2.05, 4.69) is 60.2 Å². The van der Waals surface area contributed by atoms with Crippen molar-refractivity contribution in [3.8, 4) is 0 Å². The van der Waals surface area contributed by atoms with Gasteiger partial charge in [0.2, 0.25) is 0 Å². The van der Waals surface area contributed by atoms with Crippen LogP contribution in [0.1, 0.15) is 22.0 Å². The summed E-state index contributed by atoms with van der Waals surface area (Å²) in [5.41, 5.74) is 3.58. The van der Waals surface area contributed by atoms with Gasteiger partial charge in [-0.25, -0.2) is 0 Å². The first-order chi connectivity index (χ1) is 12.1. The molecule has 25 heavy (non-hydrogen) atoms. The van der Waals surface area contributed by atoms with E-state index in [1.807, 2.05) is 11.3 Å². The zero-order valence-electron chi connectivity index (χ0n) is 14.8. The minimum Gasteiger partial charge on any atom is -0.370 e. The molecule has 4 nitrogen and oxygen atoms in total. The molecule has 1 aliphatic rings. The minimum atomic E-state index is 0.405. The highest BCUT2D eigenvalue weighted by atomic mass is 32.1. The number of rotatable bonds is 5. The Bertz CT molecular complexity index is 697. The second-order valence-electron chi connectivity index (χ2n) is 6.42. The van der Waals surface area contributed by atoms with Gasteiger partial charge in [-0.1, -0.05) is 18.2 Å². The molecule has 1 aromatic carbocycles. The summed E-state index contributed by atoms with van der Waals surface area (Å²) in [7, 11) is 0. The molecule has 1 saturated heterocycles. The maximum Gasteiger partial charge on any atom is 0.171 e. The van der Waals surface area contributed by atoms with Gasteiger partial charge in [-0.15, -0.1) is 11.3 Å². The second-order valence-corrected chi connectivity index (χ2v) is 7.81. The predicted molar refractivity (Wildman–Crippen MR) is 109 cm³/mol. The number of aryl methyl sites for hydroxylation is 1. The number of benzene rings is 1. The maximum atomic E-state index is 5.54. The van der Waals surface area contributed by atoms with Crippen molar-refractivity contribution in [3.63, 3.8) is 0 Å². The van der Waals surface area contributed by atoms with Crippen LogP contribution < -0.4 is 15.5 Å². The number of ether oxygens (including phenoxy) is 1. The smallest absolute Gasteiger partial charge is 0.171 e. The number of hydrogen-bond donors (Lipinski definition) is 3. The SMILES string of the molecule is Cc1cccc(NC(=S)NC[C@H](c2cccs2)[NH+]2CCOCC2)c1C. The number of quaternary nitrogens is 1. The molecule has 2 heterocycles. The molecule has 134 valence electrons. The molecular weight excluding hydrogens is 350 g/mol. The average molecular weight is 377 g/mol. The second kappa shape index (κ2) is 8.76. The molecule has 0 bridgehead atoms. The van der Waals surface area contributed by atoms with E-state index < -0.39 is 0 Å². The molecule has 1 aliphatic heterocycles. The van der Waals surface area contributed by atoms with Gasteiger partial charge in [0.25, 0.3) is 0 Å². The first-order valence-electron chi connectivity index (χ1n) is 8.72. The Morgan fingerprint density at radius 2 is 2.04 bits per heavy atom. The summed E-state index contributed by atoms with van der Waals surface area (Å²) in [6, 6.07) is 11.0. The molecule has 6 heteroatoms. The maximum absolute atomic E-state index is 5.54. The fourth-order valence-corrected chi connectivity index (χ4v) is 4.24. The van der Waals surface area contributed by atoms with Crippen molar-refractivity contribution in [2.75, 3.05) is 38.2 Å². The molecule has 2 aromatic rings. The van der Waals surface area contributed by atoms with Gasteiger partial charge >= 0.3 is 0 Å². The topological polar surface area (TPSA) is 37.7 Å². The highest BCUT2D eigenvalue weighted by Gasteiger charge is 2.27. The van der Waals surface area contributed by atoms with Crippen molar-refractivity contribution >= 4 is 34.4 Å². The number of hydrogen-bond acceptors (Lipinski definition) is 3. The van der Waals surface area contributed by atoms with E-state index >= 15 is 0 Å². The van der Waals surface area contributed by atoms with Crippen LogP contribution in [0.3, 0.4) is 0 Å². The monoisotopic (exact) mass is 376 g/mol. The lowest BCUT2D eigenvalue weighted by Crippen LogP contribution is -3.15. The summed E-state index contributed by atoms with van der Waals surface area (Å²) >= 11 is 7.35. The van der Waals surface area contributed by atoms with Gasteiger partial charge in [0.1, 0.15) is 19.1 Å². The lowest BCUT2D eigenvalue weighted by molar-refractivity contribution is -0.937. The van der Waals surface area contributed by atoms with Crippen LogP contribution in [0.25, 0.3) is 0 Å². The molecule has 0 aliphatic carbocycles. The Labute approximate surface area is 159 Å². The Kier molecular flexibility index (Phi) is 6.42. The average Bonchev–Trinajstić information content (AvgIpc) is 3.14. The van der Waals surface area contributed by atoms with Crippen molar-refractivity contribution in [2.45, 2.75) is 19.9 Å². The van der Waals surface area contributed by atoms with Gasteiger partial charge in [-0.2, -0.15) is 0 Å². The van der Waals surface area contributed by atoms with Crippen LogP contribution >= 0.6 is 23.6 Å². The molecule has 0 spiro atoms. The molecule has 0 saturated carbocycles.